The van der Waals surface area contributed by atoms with Crippen molar-refractivity contribution in [3.05, 3.63) is 42.1 Å². The maximum atomic E-state index is 12.3. The van der Waals surface area contributed by atoms with Gasteiger partial charge in [0.25, 0.3) is 5.91 Å². The number of hydrogen-bond donors (Lipinski definition) is 1. The molecule has 0 unspecified atom stereocenters. The van der Waals surface area contributed by atoms with Crippen LogP contribution in [0.4, 0.5) is 0 Å². The van der Waals surface area contributed by atoms with E-state index in [-0.39, 0.29) is 11.4 Å². The standard InChI is InChI=1S/C17H20N2O2/c1-17(10-6-3-7-11-17)18-16(20)14-12-15(21-19-14)13-8-4-2-5-9-13/h2,4-5,8-9,12H,3,6-7,10-11H2,1H3,(H,18,20). The van der Waals surface area contributed by atoms with Crippen molar-refractivity contribution in [2.45, 2.75) is 44.6 Å². The average Bonchev–Trinajstić information content (AvgIpc) is 2.98. The zero-order valence-electron chi connectivity index (χ0n) is 12.3. The molecule has 1 aliphatic carbocycles. The molecule has 1 aromatic heterocycles. The van der Waals surface area contributed by atoms with Gasteiger partial charge in [0, 0.05) is 17.2 Å². The normalized spacial score (nSPS) is 17.4. The fourth-order valence-electron chi connectivity index (χ4n) is 2.92. The van der Waals surface area contributed by atoms with Crippen LogP contribution < -0.4 is 5.32 Å². The summed E-state index contributed by atoms with van der Waals surface area (Å²) < 4.78 is 5.28. The Balaban J connectivity index is 1.72. The number of benzene rings is 1. The van der Waals surface area contributed by atoms with Crippen LogP contribution in [0.2, 0.25) is 0 Å². The first-order valence-electron chi connectivity index (χ1n) is 7.51. The monoisotopic (exact) mass is 284 g/mol. The van der Waals surface area contributed by atoms with Gasteiger partial charge in [-0.1, -0.05) is 54.8 Å². The van der Waals surface area contributed by atoms with Crippen molar-refractivity contribution in [2.75, 3.05) is 0 Å². The van der Waals surface area contributed by atoms with Gasteiger partial charge in [-0.2, -0.15) is 0 Å². The first-order chi connectivity index (χ1) is 10.2. The lowest BCUT2D eigenvalue weighted by molar-refractivity contribution is 0.0873. The third kappa shape index (κ3) is 3.15. The molecule has 0 atom stereocenters. The number of rotatable bonds is 3. The Bertz CT molecular complexity index is 613. The van der Waals surface area contributed by atoms with E-state index >= 15 is 0 Å². The first-order valence-corrected chi connectivity index (χ1v) is 7.51. The minimum absolute atomic E-state index is 0.110. The molecule has 1 aliphatic rings. The van der Waals surface area contributed by atoms with Crippen LogP contribution in [0.25, 0.3) is 11.3 Å². The Hall–Kier alpha value is -2.10. The van der Waals surface area contributed by atoms with Gasteiger partial charge in [-0.3, -0.25) is 4.79 Å². The van der Waals surface area contributed by atoms with Crippen LogP contribution in [-0.4, -0.2) is 16.6 Å². The number of aromatic nitrogens is 1. The second-order valence-electron chi connectivity index (χ2n) is 6.02. The van der Waals surface area contributed by atoms with E-state index in [2.05, 4.69) is 17.4 Å². The molecule has 3 rings (SSSR count). The lowest BCUT2D eigenvalue weighted by Gasteiger charge is -2.34. The number of hydrogen-bond acceptors (Lipinski definition) is 3. The molecule has 1 aromatic carbocycles. The maximum absolute atomic E-state index is 12.3. The molecule has 21 heavy (non-hydrogen) atoms. The Kier molecular flexibility index (Phi) is 3.78. The van der Waals surface area contributed by atoms with Gasteiger partial charge >= 0.3 is 0 Å². The topological polar surface area (TPSA) is 55.1 Å². The van der Waals surface area contributed by atoms with Gasteiger partial charge in [-0.05, 0) is 19.8 Å². The molecule has 110 valence electrons. The third-order valence-corrected chi connectivity index (χ3v) is 4.17. The Labute approximate surface area is 124 Å². The van der Waals surface area contributed by atoms with E-state index in [9.17, 15) is 4.79 Å². The Morgan fingerprint density at radius 1 is 1.19 bits per heavy atom. The Morgan fingerprint density at radius 2 is 1.90 bits per heavy atom. The molecular formula is C17H20N2O2. The van der Waals surface area contributed by atoms with Crippen molar-refractivity contribution in [1.82, 2.24) is 10.5 Å². The zero-order valence-corrected chi connectivity index (χ0v) is 12.3. The van der Waals surface area contributed by atoms with Crippen molar-refractivity contribution in [3.8, 4) is 11.3 Å². The predicted octanol–water partition coefficient (Wildman–Crippen LogP) is 3.79. The molecule has 1 fully saturated rings. The molecule has 2 aromatic rings. The number of carbonyl (C=O) groups excluding carboxylic acids is 1. The molecular weight excluding hydrogens is 264 g/mol. The molecule has 1 N–H and O–H groups in total. The fourth-order valence-corrected chi connectivity index (χ4v) is 2.92. The predicted molar refractivity (Wildman–Crippen MR) is 80.9 cm³/mol. The molecule has 1 heterocycles. The highest BCUT2D eigenvalue weighted by Gasteiger charge is 2.29. The first kappa shape index (κ1) is 13.9. The highest BCUT2D eigenvalue weighted by atomic mass is 16.5. The van der Waals surface area contributed by atoms with Crippen molar-refractivity contribution in [1.29, 1.82) is 0 Å². The summed E-state index contributed by atoms with van der Waals surface area (Å²) in [7, 11) is 0. The smallest absolute Gasteiger partial charge is 0.273 e. The fraction of sp³-hybridized carbons (Fsp3) is 0.412. The molecule has 0 spiro atoms. The number of nitrogens with one attached hydrogen (secondary N) is 1. The van der Waals surface area contributed by atoms with Gasteiger partial charge in [0.1, 0.15) is 0 Å². The van der Waals surface area contributed by atoms with Crippen molar-refractivity contribution in [2.24, 2.45) is 0 Å². The zero-order chi connectivity index (χ0) is 14.7. The van der Waals surface area contributed by atoms with E-state index in [4.69, 9.17) is 4.52 Å². The molecule has 0 saturated heterocycles. The minimum atomic E-state index is -0.148. The lowest BCUT2D eigenvalue weighted by atomic mass is 9.83. The second-order valence-corrected chi connectivity index (χ2v) is 6.02. The summed E-state index contributed by atoms with van der Waals surface area (Å²) in [5.41, 5.74) is 1.16. The van der Waals surface area contributed by atoms with Crippen LogP contribution in [0.3, 0.4) is 0 Å². The van der Waals surface area contributed by atoms with Crippen LogP contribution in [0.1, 0.15) is 49.5 Å². The Morgan fingerprint density at radius 3 is 2.62 bits per heavy atom. The van der Waals surface area contributed by atoms with Crippen LogP contribution in [0.5, 0.6) is 0 Å². The van der Waals surface area contributed by atoms with E-state index in [1.54, 1.807) is 6.07 Å². The van der Waals surface area contributed by atoms with E-state index in [0.717, 1.165) is 18.4 Å². The summed E-state index contributed by atoms with van der Waals surface area (Å²) in [6, 6.07) is 11.4. The van der Waals surface area contributed by atoms with Gasteiger partial charge in [0.05, 0.1) is 0 Å². The molecule has 0 aliphatic heterocycles. The molecule has 1 amide bonds. The van der Waals surface area contributed by atoms with Gasteiger partial charge in [-0.25, -0.2) is 0 Å². The van der Waals surface area contributed by atoms with Crippen LogP contribution >= 0.6 is 0 Å². The molecule has 0 radical (unpaired) electrons. The van der Waals surface area contributed by atoms with E-state index < -0.39 is 0 Å². The van der Waals surface area contributed by atoms with Crippen molar-refractivity contribution < 1.29 is 9.32 Å². The highest BCUT2D eigenvalue weighted by Crippen LogP contribution is 2.28. The maximum Gasteiger partial charge on any atom is 0.273 e. The summed E-state index contributed by atoms with van der Waals surface area (Å²) >= 11 is 0. The minimum Gasteiger partial charge on any atom is -0.355 e. The molecule has 4 nitrogen and oxygen atoms in total. The summed E-state index contributed by atoms with van der Waals surface area (Å²) in [6.45, 7) is 2.11. The summed E-state index contributed by atoms with van der Waals surface area (Å²) in [6.07, 6.45) is 5.66. The largest absolute Gasteiger partial charge is 0.355 e. The lowest BCUT2D eigenvalue weighted by Crippen LogP contribution is -2.47. The van der Waals surface area contributed by atoms with Crippen LogP contribution in [-0.2, 0) is 0 Å². The van der Waals surface area contributed by atoms with Crippen molar-refractivity contribution in [3.63, 3.8) is 0 Å². The van der Waals surface area contributed by atoms with Crippen LogP contribution in [0, 0.1) is 0 Å². The SMILES string of the molecule is CC1(NC(=O)c2cc(-c3ccccc3)on2)CCCCC1. The molecule has 0 bridgehead atoms. The summed E-state index contributed by atoms with van der Waals surface area (Å²) in [4.78, 5) is 12.3. The van der Waals surface area contributed by atoms with Gasteiger partial charge in [0.15, 0.2) is 11.5 Å². The number of amides is 1. The molecule has 4 heteroatoms. The second kappa shape index (κ2) is 5.72. The van der Waals surface area contributed by atoms with E-state index in [1.165, 1.54) is 19.3 Å². The number of nitrogens with zero attached hydrogens (tertiary/aromatic N) is 1. The number of carbonyl (C=O) groups is 1. The van der Waals surface area contributed by atoms with Gasteiger partial charge in [0.2, 0.25) is 0 Å². The third-order valence-electron chi connectivity index (χ3n) is 4.17. The van der Waals surface area contributed by atoms with Crippen molar-refractivity contribution >= 4 is 5.91 Å². The summed E-state index contributed by atoms with van der Waals surface area (Å²) in [5, 5.41) is 7.02. The quantitative estimate of drug-likeness (QED) is 0.932. The van der Waals surface area contributed by atoms with Crippen LogP contribution in [0.15, 0.2) is 40.9 Å². The average molecular weight is 284 g/mol. The van der Waals surface area contributed by atoms with Gasteiger partial charge < -0.3 is 9.84 Å². The van der Waals surface area contributed by atoms with E-state index in [1.807, 2.05) is 30.3 Å². The highest BCUT2D eigenvalue weighted by molar-refractivity contribution is 5.93. The molecule has 1 saturated carbocycles. The van der Waals surface area contributed by atoms with Gasteiger partial charge in [-0.15, -0.1) is 0 Å². The van der Waals surface area contributed by atoms with E-state index in [0.29, 0.717) is 11.5 Å². The summed E-state index contributed by atoms with van der Waals surface area (Å²) in [5.74, 6) is 0.472.